The highest BCUT2D eigenvalue weighted by atomic mass is 32.1. The molecule has 2 aliphatic heterocycles. The number of ether oxygens (including phenoxy) is 3. The first kappa shape index (κ1) is 25.7. The van der Waals surface area contributed by atoms with E-state index in [0.29, 0.717) is 58.8 Å². The van der Waals surface area contributed by atoms with Crippen molar-refractivity contribution in [3.8, 4) is 17.2 Å². The van der Waals surface area contributed by atoms with E-state index in [0.717, 1.165) is 10.4 Å². The van der Waals surface area contributed by atoms with E-state index < -0.39 is 17.7 Å². The fourth-order valence-corrected chi connectivity index (χ4v) is 5.92. The molecule has 0 aliphatic carbocycles. The maximum absolute atomic E-state index is 13.6. The van der Waals surface area contributed by atoms with Gasteiger partial charge in [0.15, 0.2) is 16.6 Å². The van der Waals surface area contributed by atoms with Gasteiger partial charge in [-0.2, -0.15) is 0 Å². The Balaban J connectivity index is 1.51. The van der Waals surface area contributed by atoms with Crippen LogP contribution in [0.2, 0.25) is 0 Å². The minimum Gasteiger partial charge on any atom is -0.507 e. The van der Waals surface area contributed by atoms with Crippen molar-refractivity contribution in [2.24, 2.45) is 0 Å². The molecule has 40 heavy (non-hydrogen) atoms. The maximum atomic E-state index is 13.6. The second-order valence-corrected chi connectivity index (χ2v) is 10.6. The Hall–Kier alpha value is -4.57. The number of rotatable bonds is 6. The summed E-state index contributed by atoms with van der Waals surface area (Å²) in [6.07, 6.45) is 0. The average Bonchev–Trinajstić information content (AvgIpc) is 3.50. The number of carbonyl (C=O) groups is 2. The molecule has 1 fully saturated rings. The van der Waals surface area contributed by atoms with E-state index in [1.807, 2.05) is 68.4 Å². The summed E-state index contributed by atoms with van der Waals surface area (Å²) < 4.78 is 17.7. The normalized spacial score (nSPS) is 17.9. The molecule has 3 aromatic carbocycles. The summed E-state index contributed by atoms with van der Waals surface area (Å²) in [7, 11) is 3.86. The van der Waals surface area contributed by atoms with Crippen molar-refractivity contribution in [1.82, 2.24) is 4.98 Å². The maximum Gasteiger partial charge on any atom is 0.301 e. The molecule has 0 saturated carbocycles. The molecule has 2 aliphatic rings. The summed E-state index contributed by atoms with van der Waals surface area (Å²) >= 11 is 1.29. The molecule has 1 N–H and O–H groups in total. The molecule has 0 spiro atoms. The quantitative estimate of drug-likeness (QED) is 0.197. The van der Waals surface area contributed by atoms with Crippen LogP contribution >= 0.6 is 11.3 Å². The van der Waals surface area contributed by atoms with Gasteiger partial charge < -0.3 is 24.2 Å². The number of ketones is 1. The molecule has 1 aromatic heterocycles. The second kappa shape index (κ2) is 10.2. The number of hydrogen-bond donors (Lipinski definition) is 1. The fraction of sp³-hybridized carbons (Fsp3) is 0.233. The van der Waals surface area contributed by atoms with Crippen LogP contribution in [0.5, 0.6) is 17.2 Å². The van der Waals surface area contributed by atoms with Gasteiger partial charge in [-0.25, -0.2) is 4.98 Å². The number of hydrogen-bond acceptors (Lipinski definition) is 9. The predicted molar refractivity (Wildman–Crippen MR) is 154 cm³/mol. The van der Waals surface area contributed by atoms with E-state index in [2.05, 4.69) is 0 Å². The first-order valence-corrected chi connectivity index (χ1v) is 13.7. The molecule has 204 valence electrons. The Morgan fingerprint density at radius 2 is 1.80 bits per heavy atom. The number of aromatic nitrogens is 1. The average molecular weight is 558 g/mol. The van der Waals surface area contributed by atoms with Gasteiger partial charge in [-0.3, -0.25) is 14.5 Å². The highest BCUT2D eigenvalue weighted by Crippen LogP contribution is 2.45. The highest BCUT2D eigenvalue weighted by Gasteiger charge is 2.48. The lowest BCUT2D eigenvalue weighted by Crippen LogP contribution is -2.29. The molecule has 6 rings (SSSR count). The first-order chi connectivity index (χ1) is 19.4. The third kappa shape index (κ3) is 4.40. The summed E-state index contributed by atoms with van der Waals surface area (Å²) in [5.74, 6) is -0.123. The summed E-state index contributed by atoms with van der Waals surface area (Å²) in [4.78, 5) is 35.2. The summed E-state index contributed by atoms with van der Waals surface area (Å²) in [6, 6.07) is 17.1. The highest BCUT2D eigenvalue weighted by molar-refractivity contribution is 7.22. The molecular formula is C30H27N3O6S. The van der Waals surface area contributed by atoms with Gasteiger partial charge >= 0.3 is 5.91 Å². The van der Waals surface area contributed by atoms with E-state index >= 15 is 0 Å². The Labute approximate surface area is 234 Å². The molecule has 1 amide bonds. The number of amides is 1. The van der Waals surface area contributed by atoms with Crippen molar-refractivity contribution < 1.29 is 28.9 Å². The fourth-order valence-electron chi connectivity index (χ4n) is 4.90. The number of fused-ring (bicyclic) bond motifs is 2. The van der Waals surface area contributed by atoms with Crippen molar-refractivity contribution in [1.29, 1.82) is 0 Å². The predicted octanol–water partition coefficient (Wildman–Crippen LogP) is 5.16. The molecule has 3 heterocycles. The molecule has 1 atom stereocenters. The van der Waals surface area contributed by atoms with Gasteiger partial charge in [0.25, 0.3) is 5.78 Å². The van der Waals surface area contributed by atoms with Gasteiger partial charge in [-0.05, 0) is 61.0 Å². The summed E-state index contributed by atoms with van der Waals surface area (Å²) in [5, 5.41) is 11.9. The van der Waals surface area contributed by atoms with E-state index in [1.54, 1.807) is 18.2 Å². The SMILES string of the molecule is CCOc1ccc2nc(N3C(=O)C(=O)C(=C(O)c4ccc5c(c4)OCCO5)C3c3ccc(N(C)C)cc3)sc2c1. The van der Waals surface area contributed by atoms with E-state index in [9.17, 15) is 14.7 Å². The van der Waals surface area contributed by atoms with Crippen LogP contribution < -0.4 is 24.0 Å². The standard InChI is InChI=1S/C30H27N3O6S/c1-4-37-20-10-11-21-24(16-20)40-30(31-21)33-26(17-5-8-19(9-6-17)32(2)3)25(28(35)29(33)36)27(34)18-7-12-22-23(15-18)39-14-13-38-22/h5-12,15-16,26,34H,4,13-14H2,1-3H3. The van der Waals surface area contributed by atoms with Crippen LogP contribution in [0.15, 0.2) is 66.2 Å². The Bertz CT molecular complexity index is 1660. The molecule has 0 radical (unpaired) electrons. The molecule has 0 bridgehead atoms. The van der Waals surface area contributed by atoms with Gasteiger partial charge in [0.2, 0.25) is 0 Å². The van der Waals surface area contributed by atoms with E-state index in [1.165, 1.54) is 16.2 Å². The molecule has 10 heteroatoms. The van der Waals surface area contributed by atoms with E-state index in [-0.39, 0.29) is 11.3 Å². The molecule has 9 nitrogen and oxygen atoms in total. The third-order valence-electron chi connectivity index (χ3n) is 6.85. The number of aliphatic hydroxyl groups is 1. The largest absolute Gasteiger partial charge is 0.507 e. The van der Waals surface area contributed by atoms with Crippen LogP contribution in [0, 0.1) is 0 Å². The zero-order valence-electron chi connectivity index (χ0n) is 22.2. The zero-order chi connectivity index (χ0) is 28.0. The van der Waals surface area contributed by atoms with Crippen LogP contribution in [0.3, 0.4) is 0 Å². The van der Waals surface area contributed by atoms with Crippen molar-refractivity contribution in [2.75, 3.05) is 43.7 Å². The summed E-state index contributed by atoms with van der Waals surface area (Å²) in [5.41, 5.74) is 2.63. The van der Waals surface area contributed by atoms with Crippen LogP contribution in [0.1, 0.15) is 24.1 Å². The van der Waals surface area contributed by atoms with Crippen LogP contribution in [0.4, 0.5) is 10.8 Å². The lowest BCUT2D eigenvalue weighted by atomic mass is 9.95. The number of aliphatic hydroxyl groups excluding tert-OH is 1. The van der Waals surface area contributed by atoms with Crippen molar-refractivity contribution in [3.63, 3.8) is 0 Å². The second-order valence-electron chi connectivity index (χ2n) is 9.57. The van der Waals surface area contributed by atoms with Crippen molar-refractivity contribution in [3.05, 3.63) is 77.4 Å². The molecule has 1 saturated heterocycles. The molecular weight excluding hydrogens is 530 g/mol. The number of carbonyl (C=O) groups excluding carboxylic acids is 2. The first-order valence-electron chi connectivity index (χ1n) is 12.9. The number of thiazole rings is 1. The number of benzene rings is 3. The minimum atomic E-state index is -0.892. The zero-order valence-corrected chi connectivity index (χ0v) is 23.0. The van der Waals surface area contributed by atoms with Gasteiger partial charge in [-0.15, -0.1) is 0 Å². The minimum absolute atomic E-state index is 0.0199. The van der Waals surface area contributed by atoms with Gasteiger partial charge in [-0.1, -0.05) is 23.5 Å². The van der Waals surface area contributed by atoms with E-state index in [4.69, 9.17) is 19.2 Å². The monoisotopic (exact) mass is 557 g/mol. The number of nitrogens with zero attached hydrogens (tertiary/aromatic N) is 3. The third-order valence-corrected chi connectivity index (χ3v) is 7.87. The lowest BCUT2D eigenvalue weighted by Gasteiger charge is -2.24. The lowest BCUT2D eigenvalue weighted by molar-refractivity contribution is -0.132. The van der Waals surface area contributed by atoms with Crippen LogP contribution in [-0.2, 0) is 9.59 Å². The summed E-state index contributed by atoms with van der Waals surface area (Å²) in [6.45, 7) is 3.24. The van der Waals surface area contributed by atoms with Gasteiger partial charge in [0.05, 0.1) is 28.4 Å². The smallest absolute Gasteiger partial charge is 0.301 e. The Morgan fingerprint density at radius 3 is 2.52 bits per heavy atom. The number of Topliss-reactive ketones (excluding diaryl/α,β-unsaturated/α-hetero) is 1. The van der Waals surface area contributed by atoms with Crippen molar-refractivity contribution >= 4 is 49.8 Å². The van der Waals surface area contributed by atoms with Crippen LogP contribution in [-0.4, -0.2) is 55.7 Å². The topological polar surface area (TPSA) is 101 Å². The van der Waals surface area contributed by atoms with Gasteiger partial charge in [0, 0.05) is 25.3 Å². The van der Waals surface area contributed by atoms with Crippen LogP contribution in [0.25, 0.3) is 16.0 Å². The molecule has 4 aromatic rings. The molecule has 1 unspecified atom stereocenters. The number of anilines is 2. The van der Waals surface area contributed by atoms with Gasteiger partial charge in [0.1, 0.15) is 24.7 Å². The Morgan fingerprint density at radius 1 is 1.05 bits per heavy atom. The Kier molecular flexibility index (Phi) is 6.55. The van der Waals surface area contributed by atoms with Crippen molar-refractivity contribution in [2.45, 2.75) is 13.0 Å².